The van der Waals surface area contributed by atoms with E-state index < -0.39 is 15.8 Å². The van der Waals surface area contributed by atoms with E-state index in [4.69, 9.17) is 9.15 Å². The molecule has 0 aliphatic heterocycles. The van der Waals surface area contributed by atoms with Gasteiger partial charge in [-0.3, -0.25) is 14.1 Å². The fraction of sp³-hybridized carbons (Fsp3) is 0.263. The predicted octanol–water partition coefficient (Wildman–Crippen LogP) is 2.52. The molecule has 0 bridgehead atoms. The first-order valence-electron chi connectivity index (χ1n) is 8.75. The van der Waals surface area contributed by atoms with Crippen LogP contribution in [0, 0.1) is 0 Å². The van der Waals surface area contributed by atoms with Crippen LogP contribution < -0.4 is 10.5 Å². The first kappa shape index (κ1) is 19.7. The number of aromatic nitrogens is 1. The molecule has 3 rings (SSSR count). The molecule has 28 heavy (non-hydrogen) atoms. The summed E-state index contributed by atoms with van der Waals surface area (Å²) in [7, 11) is -3.87. The lowest BCUT2D eigenvalue weighted by Crippen LogP contribution is -2.13. The molecule has 9 heteroatoms. The number of anilines is 1. The van der Waals surface area contributed by atoms with Gasteiger partial charge in [0, 0.05) is 18.3 Å². The molecular formula is C19H20N2O6S. The molecule has 0 aliphatic carbocycles. The number of carbonyl (C=O) groups excluding carboxylic acids is 1. The third kappa shape index (κ3) is 4.09. The van der Waals surface area contributed by atoms with E-state index in [9.17, 15) is 18.0 Å². The lowest BCUT2D eigenvalue weighted by atomic mass is 10.1. The first-order chi connectivity index (χ1) is 13.3. The standard InChI is InChI=1S/C19H20N2O6S/c1-3-21-16-10-9-15(12-17(16)27-19(21)23)28(24,25)20-14-7-5-13(6-8-14)11-18(22)26-4-2/h5-10,12,20H,3-4,11H2,1-2H3. The number of oxazole rings is 1. The number of rotatable bonds is 7. The van der Waals surface area contributed by atoms with Crippen molar-refractivity contribution in [3.63, 3.8) is 0 Å². The molecule has 3 aromatic rings. The zero-order valence-corrected chi connectivity index (χ0v) is 16.3. The van der Waals surface area contributed by atoms with E-state index in [-0.39, 0.29) is 22.9 Å². The maximum atomic E-state index is 12.6. The molecule has 1 aromatic heterocycles. The van der Waals surface area contributed by atoms with E-state index in [2.05, 4.69) is 4.72 Å². The lowest BCUT2D eigenvalue weighted by molar-refractivity contribution is -0.142. The summed E-state index contributed by atoms with van der Waals surface area (Å²) in [6.07, 6.45) is 0.116. The molecule has 0 fully saturated rings. The van der Waals surface area contributed by atoms with Gasteiger partial charge in [0.1, 0.15) is 0 Å². The lowest BCUT2D eigenvalue weighted by Gasteiger charge is -2.09. The molecule has 1 heterocycles. The molecule has 148 valence electrons. The second-order valence-corrected chi connectivity index (χ2v) is 7.71. The number of benzene rings is 2. The largest absolute Gasteiger partial charge is 0.466 e. The molecule has 1 N–H and O–H groups in total. The highest BCUT2D eigenvalue weighted by Gasteiger charge is 2.17. The van der Waals surface area contributed by atoms with E-state index in [1.807, 2.05) is 0 Å². The summed E-state index contributed by atoms with van der Waals surface area (Å²) >= 11 is 0. The minimum Gasteiger partial charge on any atom is -0.466 e. The van der Waals surface area contributed by atoms with Gasteiger partial charge in [-0.15, -0.1) is 0 Å². The van der Waals surface area contributed by atoms with Crippen molar-refractivity contribution in [1.29, 1.82) is 0 Å². The van der Waals surface area contributed by atoms with Crippen molar-refractivity contribution in [2.24, 2.45) is 0 Å². The summed E-state index contributed by atoms with van der Waals surface area (Å²) in [5.74, 6) is -0.873. The van der Waals surface area contributed by atoms with Crippen LogP contribution in [0.3, 0.4) is 0 Å². The second-order valence-electron chi connectivity index (χ2n) is 6.03. The molecule has 2 aromatic carbocycles. The number of carbonyl (C=O) groups is 1. The van der Waals surface area contributed by atoms with Crippen LogP contribution in [-0.2, 0) is 32.5 Å². The molecule has 0 saturated carbocycles. The van der Waals surface area contributed by atoms with E-state index in [1.165, 1.54) is 16.7 Å². The maximum Gasteiger partial charge on any atom is 0.419 e. The van der Waals surface area contributed by atoms with Gasteiger partial charge in [-0.1, -0.05) is 12.1 Å². The monoisotopic (exact) mass is 404 g/mol. The van der Waals surface area contributed by atoms with Crippen LogP contribution in [0.25, 0.3) is 11.1 Å². The van der Waals surface area contributed by atoms with Crippen molar-refractivity contribution in [3.8, 4) is 0 Å². The smallest absolute Gasteiger partial charge is 0.419 e. The molecular weight excluding hydrogens is 384 g/mol. The third-order valence-electron chi connectivity index (χ3n) is 4.13. The minimum atomic E-state index is -3.87. The summed E-state index contributed by atoms with van der Waals surface area (Å²) < 4.78 is 39.2. The number of nitrogens with one attached hydrogen (secondary N) is 1. The number of ether oxygens (including phenoxy) is 1. The van der Waals surface area contributed by atoms with E-state index >= 15 is 0 Å². The Hall–Kier alpha value is -3.07. The SMILES string of the molecule is CCOC(=O)Cc1ccc(NS(=O)(=O)c2ccc3c(c2)oc(=O)n3CC)cc1. The molecule has 0 radical (unpaired) electrons. The highest BCUT2D eigenvalue weighted by Crippen LogP contribution is 2.21. The van der Waals surface area contributed by atoms with Gasteiger partial charge in [-0.25, -0.2) is 13.2 Å². The van der Waals surface area contributed by atoms with E-state index in [1.54, 1.807) is 44.2 Å². The zero-order valence-electron chi connectivity index (χ0n) is 15.5. The van der Waals surface area contributed by atoms with Crippen LogP contribution >= 0.6 is 0 Å². The number of aryl methyl sites for hydroxylation is 1. The van der Waals surface area contributed by atoms with Crippen LogP contribution in [0.4, 0.5) is 5.69 Å². The van der Waals surface area contributed by atoms with Crippen LogP contribution in [0.15, 0.2) is 56.6 Å². The number of nitrogens with zero attached hydrogens (tertiary/aromatic N) is 1. The second kappa shape index (κ2) is 7.89. The Balaban J connectivity index is 1.81. The molecule has 0 amide bonds. The summed E-state index contributed by atoms with van der Waals surface area (Å²) in [4.78, 5) is 23.2. The fourth-order valence-corrected chi connectivity index (χ4v) is 3.87. The first-order valence-corrected chi connectivity index (χ1v) is 10.2. The van der Waals surface area contributed by atoms with Gasteiger partial charge < -0.3 is 9.15 Å². The number of sulfonamides is 1. The Morgan fingerprint density at radius 1 is 1.14 bits per heavy atom. The van der Waals surface area contributed by atoms with Gasteiger partial charge in [0.2, 0.25) is 0 Å². The maximum absolute atomic E-state index is 12.6. The van der Waals surface area contributed by atoms with E-state index in [0.717, 1.165) is 0 Å². The van der Waals surface area contributed by atoms with Crippen molar-refractivity contribution in [3.05, 3.63) is 58.6 Å². The molecule has 0 saturated heterocycles. The summed E-state index contributed by atoms with van der Waals surface area (Å²) in [5.41, 5.74) is 1.81. The van der Waals surface area contributed by atoms with Gasteiger partial charge in [0.05, 0.1) is 23.4 Å². The normalized spacial score (nSPS) is 11.5. The quantitative estimate of drug-likeness (QED) is 0.606. The Morgan fingerprint density at radius 2 is 1.86 bits per heavy atom. The van der Waals surface area contributed by atoms with Crippen molar-refractivity contribution in [2.45, 2.75) is 31.7 Å². The Kier molecular flexibility index (Phi) is 5.55. The van der Waals surface area contributed by atoms with Gasteiger partial charge in [-0.05, 0) is 43.7 Å². The van der Waals surface area contributed by atoms with Gasteiger partial charge in [0.15, 0.2) is 5.58 Å². The summed E-state index contributed by atoms with van der Waals surface area (Å²) in [6, 6.07) is 10.7. The Labute approximate surface area is 161 Å². The topological polar surface area (TPSA) is 108 Å². The number of hydrogen-bond donors (Lipinski definition) is 1. The number of hydrogen-bond acceptors (Lipinski definition) is 6. The van der Waals surface area contributed by atoms with Crippen LogP contribution in [0.1, 0.15) is 19.4 Å². The predicted molar refractivity (Wildman–Crippen MR) is 104 cm³/mol. The molecule has 0 atom stereocenters. The van der Waals surface area contributed by atoms with Crippen molar-refractivity contribution in [1.82, 2.24) is 4.57 Å². The summed E-state index contributed by atoms with van der Waals surface area (Å²) in [6.45, 7) is 4.26. The summed E-state index contributed by atoms with van der Waals surface area (Å²) in [5, 5.41) is 0. The molecule has 0 aliphatic rings. The molecule has 0 unspecified atom stereocenters. The highest BCUT2D eigenvalue weighted by molar-refractivity contribution is 7.92. The van der Waals surface area contributed by atoms with Crippen LogP contribution in [0.2, 0.25) is 0 Å². The van der Waals surface area contributed by atoms with Crippen molar-refractivity contribution in [2.75, 3.05) is 11.3 Å². The van der Waals surface area contributed by atoms with Gasteiger partial charge in [0.25, 0.3) is 10.0 Å². The third-order valence-corrected chi connectivity index (χ3v) is 5.51. The Morgan fingerprint density at radius 3 is 2.50 bits per heavy atom. The minimum absolute atomic E-state index is 0.0207. The number of esters is 1. The van der Waals surface area contributed by atoms with Crippen LogP contribution in [-0.4, -0.2) is 25.6 Å². The zero-order chi connectivity index (χ0) is 20.3. The fourth-order valence-electron chi connectivity index (χ4n) is 2.80. The molecule has 0 spiro atoms. The Bertz CT molecular complexity index is 1160. The number of fused-ring (bicyclic) bond motifs is 1. The average molecular weight is 404 g/mol. The van der Waals surface area contributed by atoms with Crippen LogP contribution in [0.5, 0.6) is 0 Å². The van der Waals surface area contributed by atoms with Gasteiger partial charge >= 0.3 is 11.7 Å². The van der Waals surface area contributed by atoms with Crippen molar-refractivity contribution < 1.29 is 22.4 Å². The van der Waals surface area contributed by atoms with E-state index in [0.29, 0.717) is 29.9 Å². The average Bonchev–Trinajstić information content (AvgIpc) is 2.97. The molecule has 8 nitrogen and oxygen atoms in total. The van der Waals surface area contributed by atoms with Gasteiger partial charge in [-0.2, -0.15) is 0 Å². The highest BCUT2D eigenvalue weighted by atomic mass is 32.2. The van der Waals surface area contributed by atoms with Crippen molar-refractivity contribution >= 4 is 32.8 Å².